The van der Waals surface area contributed by atoms with Gasteiger partial charge in [-0.3, -0.25) is 14.6 Å². The highest BCUT2D eigenvalue weighted by Crippen LogP contribution is 2.50. The third kappa shape index (κ3) is 6.25. The normalized spacial score (nSPS) is 22.8. The molecule has 1 aliphatic carbocycles. The summed E-state index contributed by atoms with van der Waals surface area (Å²) in [5.74, 6) is -0.607. The summed E-state index contributed by atoms with van der Waals surface area (Å²) in [6.45, 7) is 9.98. The number of fused-ring (bicyclic) bond motifs is 4. The number of rotatable bonds is 11. The number of nitrogens with zero attached hydrogens (tertiary/aromatic N) is 2. The first kappa shape index (κ1) is 34.1. The van der Waals surface area contributed by atoms with Gasteiger partial charge >= 0.3 is 0 Å². The second-order valence-corrected chi connectivity index (χ2v) is 14.7. The van der Waals surface area contributed by atoms with Gasteiger partial charge in [-0.15, -0.1) is 0 Å². The van der Waals surface area contributed by atoms with Crippen LogP contribution >= 0.6 is 0 Å². The summed E-state index contributed by atoms with van der Waals surface area (Å²) in [7, 11) is 0. The third-order valence-electron chi connectivity index (χ3n) is 11.2. The number of hydrogen-bond acceptors (Lipinski definition) is 9. The summed E-state index contributed by atoms with van der Waals surface area (Å²) < 4.78 is 53.2. The van der Waals surface area contributed by atoms with Crippen LogP contribution in [0.15, 0.2) is 60.8 Å². The minimum atomic E-state index is -1.29. The average Bonchev–Trinajstić information content (AvgIpc) is 3.96. The quantitative estimate of drug-likeness (QED) is 0.122. The summed E-state index contributed by atoms with van der Waals surface area (Å²) in [5, 5.41) is 9.45. The van der Waals surface area contributed by atoms with Crippen molar-refractivity contribution in [3.8, 4) is 28.7 Å². The first-order valence-electron chi connectivity index (χ1n) is 17.7. The van der Waals surface area contributed by atoms with E-state index in [1.165, 1.54) is 36.4 Å². The van der Waals surface area contributed by atoms with E-state index in [1.54, 1.807) is 18.3 Å². The zero-order valence-electron chi connectivity index (χ0n) is 29.2. The number of nitrogens with one attached hydrogen (secondary N) is 3. The molecule has 8 rings (SSSR count). The number of hydrogen-bond donors (Lipinski definition) is 3. The molecule has 13 heteroatoms. The molecule has 3 aromatic carbocycles. The molecule has 3 N–H and O–H groups in total. The SMILES string of the molecule is CC12CNC1(C)CCN(CCCOc1cc3nccc(Oc4ccc(NC(=O)C5(C(=O)Nc6ccc(F)cc6)CC5)cc4F)c3c3c1OCCO3)C2. The van der Waals surface area contributed by atoms with Crippen molar-refractivity contribution in [1.82, 2.24) is 15.2 Å². The lowest BCUT2D eigenvalue weighted by Crippen LogP contribution is -2.76. The molecular weight excluding hydrogens is 672 g/mol. The summed E-state index contributed by atoms with van der Waals surface area (Å²) in [5.41, 5.74) is 0.323. The maximum Gasteiger partial charge on any atom is 0.240 e. The Bertz CT molecular complexity index is 2040. The van der Waals surface area contributed by atoms with Gasteiger partial charge in [-0.25, -0.2) is 8.78 Å². The monoisotopic (exact) mass is 713 g/mol. The first-order chi connectivity index (χ1) is 25.1. The van der Waals surface area contributed by atoms with Crippen molar-refractivity contribution in [2.75, 3.05) is 56.6 Å². The van der Waals surface area contributed by atoms with Gasteiger partial charge < -0.3 is 39.8 Å². The molecule has 2 unspecified atom stereocenters. The lowest BCUT2D eigenvalue weighted by molar-refractivity contribution is -0.131. The molecular formula is C39H41F2N5O6. The van der Waals surface area contributed by atoms with Crippen molar-refractivity contribution in [1.29, 1.82) is 0 Å². The molecule has 11 nitrogen and oxygen atoms in total. The second-order valence-electron chi connectivity index (χ2n) is 14.7. The number of anilines is 2. The second kappa shape index (κ2) is 13.2. The number of benzene rings is 3. The molecule has 2 saturated heterocycles. The summed E-state index contributed by atoms with van der Waals surface area (Å²) in [6.07, 6.45) is 4.23. The number of piperidine rings is 1. The number of likely N-dealkylation sites (tertiary alicyclic amines) is 1. The maximum absolute atomic E-state index is 15.5. The third-order valence-corrected chi connectivity index (χ3v) is 11.2. The fraction of sp³-hybridized carbons (Fsp3) is 0.410. The van der Waals surface area contributed by atoms with E-state index in [0.29, 0.717) is 77.7 Å². The Morgan fingerprint density at radius 2 is 1.63 bits per heavy atom. The van der Waals surface area contributed by atoms with Crippen LogP contribution in [-0.2, 0) is 9.59 Å². The molecule has 0 spiro atoms. The number of carbonyl (C=O) groups excluding carboxylic acids is 2. The molecule has 4 aromatic rings. The van der Waals surface area contributed by atoms with E-state index in [1.807, 2.05) is 0 Å². The van der Waals surface area contributed by atoms with Crippen molar-refractivity contribution in [2.45, 2.75) is 45.1 Å². The van der Waals surface area contributed by atoms with Crippen LogP contribution in [0, 0.1) is 22.5 Å². The lowest BCUT2D eigenvalue weighted by atomic mass is 9.61. The number of pyridine rings is 1. The Kier molecular flexibility index (Phi) is 8.65. The van der Waals surface area contributed by atoms with E-state index in [2.05, 4.69) is 39.7 Å². The van der Waals surface area contributed by atoms with Crippen molar-refractivity contribution >= 4 is 34.1 Å². The number of aromatic nitrogens is 1. The van der Waals surface area contributed by atoms with Crippen LogP contribution in [0.25, 0.3) is 10.9 Å². The van der Waals surface area contributed by atoms with Gasteiger partial charge in [0, 0.05) is 60.3 Å². The van der Waals surface area contributed by atoms with E-state index >= 15 is 4.39 Å². The Balaban J connectivity index is 0.934. The van der Waals surface area contributed by atoms with Gasteiger partial charge in [0.25, 0.3) is 0 Å². The van der Waals surface area contributed by atoms with Gasteiger partial charge in [0.15, 0.2) is 23.1 Å². The van der Waals surface area contributed by atoms with Crippen molar-refractivity contribution < 1.29 is 37.3 Å². The minimum Gasteiger partial charge on any atom is -0.489 e. The standard InChI is InChI=1S/C39H41F2N5O6/c1-37-22-43-38(37,2)13-16-46(23-37)15-3-17-49-31-21-28-32(34-33(31)50-18-19-51-34)30(10-14-42-28)52-29-9-8-26(20-27(29)41)45-36(48)39(11-12-39)35(47)44-25-6-4-24(40)5-7-25/h4-10,14,20-21,43H,3,11-13,15-19,22-23H2,1-2H3,(H,44,47)(H,45,48). The molecule has 1 aromatic heterocycles. The molecule has 4 heterocycles. The summed E-state index contributed by atoms with van der Waals surface area (Å²) in [4.78, 5) is 33.1. The Labute approximate surface area is 300 Å². The fourth-order valence-corrected chi connectivity index (χ4v) is 7.39. The molecule has 1 saturated carbocycles. The molecule has 2 amide bonds. The molecule has 272 valence electrons. The van der Waals surface area contributed by atoms with E-state index in [-0.39, 0.29) is 17.0 Å². The highest BCUT2D eigenvalue weighted by molar-refractivity contribution is 6.16. The number of amides is 2. The van der Waals surface area contributed by atoms with Crippen LogP contribution in [-0.4, -0.2) is 73.2 Å². The number of ether oxygens (including phenoxy) is 4. The van der Waals surface area contributed by atoms with Crippen molar-refractivity contribution in [3.63, 3.8) is 0 Å². The molecule has 52 heavy (non-hydrogen) atoms. The minimum absolute atomic E-state index is 0.0870. The van der Waals surface area contributed by atoms with Gasteiger partial charge in [0.1, 0.15) is 30.2 Å². The molecule has 3 fully saturated rings. The van der Waals surface area contributed by atoms with Crippen LogP contribution in [0.4, 0.5) is 20.2 Å². The Morgan fingerprint density at radius 3 is 2.33 bits per heavy atom. The highest BCUT2D eigenvalue weighted by Gasteiger charge is 2.57. The van der Waals surface area contributed by atoms with Gasteiger partial charge in [-0.05, 0) is 81.6 Å². The smallest absolute Gasteiger partial charge is 0.240 e. The van der Waals surface area contributed by atoms with E-state index < -0.39 is 28.9 Å². The largest absolute Gasteiger partial charge is 0.489 e. The van der Waals surface area contributed by atoms with Gasteiger partial charge in [0.05, 0.1) is 17.5 Å². The van der Waals surface area contributed by atoms with Gasteiger partial charge in [0.2, 0.25) is 17.6 Å². The Hall–Kier alpha value is -5.01. The Morgan fingerprint density at radius 1 is 0.904 bits per heavy atom. The van der Waals surface area contributed by atoms with Gasteiger partial charge in [-0.2, -0.15) is 0 Å². The predicted octanol–water partition coefficient (Wildman–Crippen LogP) is 6.28. The van der Waals surface area contributed by atoms with Crippen LogP contribution in [0.1, 0.15) is 39.5 Å². The van der Waals surface area contributed by atoms with Gasteiger partial charge in [-0.1, -0.05) is 6.92 Å². The van der Waals surface area contributed by atoms with Crippen molar-refractivity contribution in [2.24, 2.45) is 10.8 Å². The predicted molar refractivity (Wildman–Crippen MR) is 190 cm³/mol. The number of carbonyl (C=O) groups is 2. The highest BCUT2D eigenvalue weighted by atomic mass is 19.1. The first-order valence-corrected chi connectivity index (χ1v) is 17.7. The summed E-state index contributed by atoms with van der Waals surface area (Å²) in [6, 6.07) is 12.7. The molecule has 0 bridgehead atoms. The van der Waals surface area contributed by atoms with E-state index in [9.17, 15) is 14.0 Å². The van der Waals surface area contributed by atoms with E-state index in [4.69, 9.17) is 18.9 Å². The molecule has 0 radical (unpaired) electrons. The van der Waals surface area contributed by atoms with Crippen molar-refractivity contribution in [3.05, 3.63) is 72.4 Å². The zero-order chi connectivity index (χ0) is 36.1. The van der Waals surface area contributed by atoms with Crippen LogP contribution in [0.5, 0.6) is 28.7 Å². The van der Waals surface area contributed by atoms with E-state index in [0.717, 1.165) is 45.1 Å². The molecule has 2 atom stereocenters. The van der Waals surface area contributed by atoms with Crippen LogP contribution in [0.2, 0.25) is 0 Å². The summed E-state index contributed by atoms with van der Waals surface area (Å²) >= 11 is 0. The molecule has 3 aliphatic heterocycles. The molecule has 4 aliphatic rings. The fourth-order valence-electron chi connectivity index (χ4n) is 7.39. The average molecular weight is 714 g/mol. The van der Waals surface area contributed by atoms with Crippen LogP contribution in [0.3, 0.4) is 0 Å². The zero-order valence-corrected chi connectivity index (χ0v) is 29.2. The lowest BCUT2D eigenvalue weighted by Gasteiger charge is -2.62. The van der Waals surface area contributed by atoms with Crippen LogP contribution < -0.4 is 34.9 Å². The topological polar surface area (TPSA) is 123 Å². The number of halogens is 2. The maximum atomic E-state index is 15.5.